The molecule has 5 rings (SSSR count). The third-order valence-electron chi connectivity index (χ3n) is 8.78. The summed E-state index contributed by atoms with van der Waals surface area (Å²) < 4.78 is 18.1. The molecule has 1 amide bonds. The van der Waals surface area contributed by atoms with Gasteiger partial charge in [-0.3, -0.25) is 0 Å². The SMILES string of the molecule is Cc1cc(/C(O)=C2\CCC[C@@]3(CCCCC34OCCO4)C2=N)nc(N2CCCN(C(=O)OC(C)(C)C)C[C@@H]2C)n1. The highest BCUT2D eigenvalue weighted by Gasteiger charge is 2.60. The van der Waals surface area contributed by atoms with E-state index in [0.717, 1.165) is 50.6 Å². The Morgan fingerprint density at radius 1 is 1.10 bits per heavy atom. The van der Waals surface area contributed by atoms with Crippen LogP contribution in [-0.4, -0.2) is 82.1 Å². The molecule has 2 N–H and O–H groups in total. The minimum absolute atomic E-state index is 0.0468. The molecule has 0 radical (unpaired) electrons. The van der Waals surface area contributed by atoms with Crippen molar-refractivity contribution >= 4 is 23.5 Å². The molecular weight excluding hydrogens is 510 g/mol. The Morgan fingerprint density at radius 3 is 2.52 bits per heavy atom. The van der Waals surface area contributed by atoms with Crippen molar-refractivity contribution in [2.45, 2.75) is 103 Å². The first-order valence-corrected chi connectivity index (χ1v) is 14.8. The minimum atomic E-state index is -0.761. The number of fused-ring (bicyclic) bond motifs is 1. The van der Waals surface area contributed by atoms with Gasteiger partial charge in [-0.2, -0.15) is 0 Å². The van der Waals surface area contributed by atoms with E-state index in [1.54, 1.807) is 11.0 Å². The monoisotopic (exact) mass is 555 g/mol. The second-order valence-corrected chi connectivity index (χ2v) is 12.8. The fraction of sp³-hybridized carbons (Fsp3) is 0.733. The molecule has 1 aromatic heterocycles. The van der Waals surface area contributed by atoms with Gasteiger partial charge in [-0.1, -0.05) is 6.42 Å². The lowest BCUT2D eigenvalue weighted by atomic mass is 9.59. The molecule has 10 nitrogen and oxygen atoms in total. The first-order chi connectivity index (χ1) is 18.9. The number of aliphatic hydroxyl groups excluding tert-OH is 1. The van der Waals surface area contributed by atoms with Gasteiger partial charge in [-0.15, -0.1) is 0 Å². The lowest BCUT2D eigenvalue weighted by Gasteiger charge is -2.52. The predicted octanol–water partition coefficient (Wildman–Crippen LogP) is 5.40. The van der Waals surface area contributed by atoms with E-state index in [9.17, 15) is 15.3 Å². The number of hydrogen-bond acceptors (Lipinski definition) is 9. The number of ether oxygens (including phenoxy) is 3. The number of aliphatic hydroxyl groups is 1. The van der Waals surface area contributed by atoms with Crippen molar-refractivity contribution in [1.29, 1.82) is 5.41 Å². The summed E-state index contributed by atoms with van der Waals surface area (Å²) in [6.45, 7) is 12.4. The Balaban J connectivity index is 1.42. The van der Waals surface area contributed by atoms with E-state index in [4.69, 9.17) is 24.2 Å². The Hall–Kier alpha value is -2.72. The summed E-state index contributed by atoms with van der Waals surface area (Å²) in [7, 11) is 0. The number of aryl methyl sites for hydroxylation is 1. The van der Waals surface area contributed by atoms with E-state index in [-0.39, 0.29) is 17.9 Å². The number of carbonyl (C=O) groups is 1. The fourth-order valence-corrected chi connectivity index (χ4v) is 6.97. The van der Waals surface area contributed by atoms with Crippen molar-refractivity contribution in [3.63, 3.8) is 0 Å². The number of nitrogens with zero attached hydrogens (tertiary/aromatic N) is 4. The van der Waals surface area contributed by atoms with Gasteiger partial charge in [-0.05, 0) is 79.2 Å². The normalized spacial score (nSPS) is 28.6. The van der Waals surface area contributed by atoms with E-state index in [0.29, 0.717) is 62.2 Å². The molecule has 2 atom stereocenters. The second-order valence-electron chi connectivity index (χ2n) is 12.8. The molecule has 3 heterocycles. The van der Waals surface area contributed by atoms with Crippen molar-refractivity contribution in [3.05, 3.63) is 23.0 Å². The van der Waals surface area contributed by atoms with Crippen LogP contribution in [0.25, 0.3) is 5.76 Å². The van der Waals surface area contributed by atoms with Crippen LogP contribution in [0.4, 0.5) is 10.7 Å². The highest BCUT2D eigenvalue weighted by Crippen LogP contribution is 2.56. The molecule has 2 aliphatic carbocycles. The highest BCUT2D eigenvalue weighted by atomic mass is 16.7. The van der Waals surface area contributed by atoms with Crippen molar-refractivity contribution < 1.29 is 24.1 Å². The smallest absolute Gasteiger partial charge is 0.410 e. The van der Waals surface area contributed by atoms with E-state index < -0.39 is 16.8 Å². The summed E-state index contributed by atoms with van der Waals surface area (Å²) in [5.74, 6) is -0.190. The van der Waals surface area contributed by atoms with Gasteiger partial charge in [0.25, 0.3) is 0 Å². The maximum atomic E-state index is 12.8. The molecule has 0 bridgehead atoms. The zero-order valence-corrected chi connectivity index (χ0v) is 24.7. The van der Waals surface area contributed by atoms with Gasteiger partial charge in [0.15, 0.2) is 5.79 Å². The van der Waals surface area contributed by atoms with Crippen LogP contribution in [0, 0.1) is 17.7 Å². The zero-order chi connectivity index (χ0) is 28.7. The van der Waals surface area contributed by atoms with Gasteiger partial charge in [0.05, 0.1) is 18.6 Å². The molecule has 1 aromatic rings. The fourth-order valence-electron chi connectivity index (χ4n) is 6.97. The van der Waals surface area contributed by atoms with Gasteiger partial charge < -0.3 is 34.5 Å². The molecule has 4 aliphatic rings. The van der Waals surface area contributed by atoms with Crippen molar-refractivity contribution in [3.8, 4) is 0 Å². The standard InChI is InChI=1S/C30H45N5O5/c1-20-18-23(33-26(32-20)35-15-9-14-34(19-21(35)2)27(37)40-28(3,4)5)24(36)22-10-8-12-29(25(22)31)11-6-7-13-30(29)38-16-17-39-30/h18,21,31,36H,6-17,19H2,1-5H3/b24-22-,31-25?/t21-,29-/m0/s1. The van der Waals surface area contributed by atoms with E-state index in [1.165, 1.54) is 0 Å². The van der Waals surface area contributed by atoms with E-state index in [2.05, 4.69) is 11.8 Å². The number of hydrogen-bond donors (Lipinski definition) is 2. The Morgan fingerprint density at radius 2 is 1.80 bits per heavy atom. The van der Waals surface area contributed by atoms with Gasteiger partial charge in [0.2, 0.25) is 5.95 Å². The number of carbonyl (C=O) groups excluding carboxylic acids is 1. The second kappa shape index (κ2) is 10.9. The maximum Gasteiger partial charge on any atom is 0.410 e. The first kappa shape index (κ1) is 28.8. The largest absolute Gasteiger partial charge is 0.505 e. The number of nitrogens with one attached hydrogen (secondary N) is 1. The van der Waals surface area contributed by atoms with Crippen molar-refractivity contribution in [2.24, 2.45) is 5.41 Å². The number of rotatable bonds is 2. The number of anilines is 1. The summed E-state index contributed by atoms with van der Waals surface area (Å²) in [4.78, 5) is 26.2. The predicted molar refractivity (Wildman–Crippen MR) is 153 cm³/mol. The molecule has 2 saturated heterocycles. The van der Waals surface area contributed by atoms with Crippen LogP contribution in [0.5, 0.6) is 0 Å². The third-order valence-corrected chi connectivity index (χ3v) is 8.78. The molecule has 220 valence electrons. The molecule has 2 spiro atoms. The summed E-state index contributed by atoms with van der Waals surface area (Å²) in [6, 6.07) is 1.74. The number of aromatic nitrogens is 2. The number of amides is 1. The molecule has 2 saturated carbocycles. The Kier molecular flexibility index (Phi) is 7.87. The topological polar surface area (TPSA) is 121 Å². The Bertz CT molecular complexity index is 1170. The molecule has 4 fully saturated rings. The quantitative estimate of drug-likeness (QED) is 0.466. The van der Waals surface area contributed by atoms with Crippen molar-refractivity contribution in [2.75, 3.05) is 37.7 Å². The van der Waals surface area contributed by atoms with Gasteiger partial charge in [0, 0.05) is 49.1 Å². The molecule has 40 heavy (non-hydrogen) atoms. The molecular formula is C30H45N5O5. The zero-order valence-electron chi connectivity index (χ0n) is 24.7. The third kappa shape index (κ3) is 5.32. The van der Waals surface area contributed by atoms with Crippen LogP contribution < -0.4 is 4.90 Å². The van der Waals surface area contributed by atoms with E-state index in [1.807, 2.05) is 27.7 Å². The highest BCUT2D eigenvalue weighted by molar-refractivity contribution is 6.08. The molecule has 0 aromatic carbocycles. The van der Waals surface area contributed by atoms with E-state index >= 15 is 0 Å². The minimum Gasteiger partial charge on any atom is -0.505 e. The molecule has 0 unspecified atom stereocenters. The number of allylic oxidation sites excluding steroid dienone is 1. The van der Waals surface area contributed by atoms with Crippen LogP contribution in [0.1, 0.15) is 90.4 Å². The first-order valence-electron chi connectivity index (χ1n) is 14.8. The Labute approximate surface area is 237 Å². The van der Waals surface area contributed by atoms with Crippen LogP contribution in [-0.2, 0) is 14.2 Å². The van der Waals surface area contributed by atoms with Crippen LogP contribution >= 0.6 is 0 Å². The lowest BCUT2D eigenvalue weighted by molar-refractivity contribution is -0.236. The van der Waals surface area contributed by atoms with Crippen LogP contribution in [0.3, 0.4) is 0 Å². The van der Waals surface area contributed by atoms with Crippen LogP contribution in [0.2, 0.25) is 0 Å². The molecule has 2 aliphatic heterocycles. The summed E-state index contributed by atoms with van der Waals surface area (Å²) in [6.07, 6.45) is 6.40. The summed E-state index contributed by atoms with van der Waals surface area (Å²) in [5.41, 5.74) is 1.14. The van der Waals surface area contributed by atoms with Gasteiger partial charge in [0.1, 0.15) is 17.1 Å². The van der Waals surface area contributed by atoms with Crippen molar-refractivity contribution in [1.82, 2.24) is 14.9 Å². The van der Waals surface area contributed by atoms with Crippen LogP contribution in [0.15, 0.2) is 11.6 Å². The summed E-state index contributed by atoms with van der Waals surface area (Å²) >= 11 is 0. The average Bonchev–Trinajstić information content (AvgIpc) is 3.27. The lowest BCUT2D eigenvalue weighted by Crippen LogP contribution is -2.57. The average molecular weight is 556 g/mol. The maximum absolute atomic E-state index is 12.8. The van der Waals surface area contributed by atoms with Gasteiger partial charge in [-0.25, -0.2) is 14.8 Å². The summed E-state index contributed by atoms with van der Waals surface area (Å²) in [5, 5.41) is 21.0. The molecule has 10 heteroatoms. The van der Waals surface area contributed by atoms with Gasteiger partial charge >= 0.3 is 6.09 Å².